The van der Waals surface area contributed by atoms with Crippen LogP contribution in [0.15, 0.2) is 30.6 Å². The fourth-order valence-corrected chi connectivity index (χ4v) is 5.59. The van der Waals surface area contributed by atoms with Crippen LogP contribution in [0, 0.1) is 0 Å². The Morgan fingerprint density at radius 3 is 2.59 bits per heavy atom. The molecule has 2 aliphatic heterocycles. The lowest BCUT2D eigenvalue weighted by Gasteiger charge is -2.38. The highest BCUT2D eigenvalue weighted by molar-refractivity contribution is 6.30. The standard InChI is InChI=1S/C26H34ClN5O2/c1-18-2-7-23-24(18)25(30-17-29-23)31-10-12-32(13-11-31)26(33)22(19-3-5-20(27)6-4-19)16-28-21-8-14-34-15-9-21/h3-6,17-18,21-22,28H,2,7-16H2,1H3/t18-,22-/m1/s1. The molecule has 3 aliphatic rings. The Morgan fingerprint density at radius 1 is 1.12 bits per heavy atom. The molecule has 5 rings (SSSR count). The van der Waals surface area contributed by atoms with E-state index in [-0.39, 0.29) is 11.8 Å². The first kappa shape index (κ1) is 23.5. The zero-order valence-corrected chi connectivity index (χ0v) is 20.6. The van der Waals surface area contributed by atoms with Crippen LogP contribution in [0.2, 0.25) is 5.02 Å². The van der Waals surface area contributed by atoms with Gasteiger partial charge in [0.2, 0.25) is 5.91 Å². The van der Waals surface area contributed by atoms with E-state index in [2.05, 4.69) is 27.1 Å². The van der Waals surface area contributed by atoms with Gasteiger partial charge in [-0.15, -0.1) is 0 Å². The van der Waals surface area contributed by atoms with E-state index in [1.165, 1.54) is 11.3 Å². The molecule has 2 fully saturated rings. The van der Waals surface area contributed by atoms with E-state index in [9.17, 15) is 4.79 Å². The molecule has 0 radical (unpaired) electrons. The molecular formula is C26H34ClN5O2. The van der Waals surface area contributed by atoms with Crippen LogP contribution in [0.4, 0.5) is 5.82 Å². The van der Waals surface area contributed by atoms with Gasteiger partial charge in [0.1, 0.15) is 12.1 Å². The second-order valence-electron chi connectivity index (χ2n) is 9.71. The summed E-state index contributed by atoms with van der Waals surface area (Å²) in [7, 11) is 0. The number of nitrogens with zero attached hydrogens (tertiary/aromatic N) is 4. The molecular weight excluding hydrogens is 450 g/mol. The zero-order valence-electron chi connectivity index (χ0n) is 19.9. The number of nitrogens with one attached hydrogen (secondary N) is 1. The number of ether oxygens (including phenoxy) is 1. The number of amides is 1. The van der Waals surface area contributed by atoms with Crippen LogP contribution in [0.25, 0.3) is 0 Å². The lowest BCUT2D eigenvalue weighted by molar-refractivity contribution is -0.133. The van der Waals surface area contributed by atoms with Gasteiger partial charge < -0.3 is 19.9 Å². The minimum Gasteiger partial charge on any atom is -0.381 e. The van der Waals surface area contributed by atoms with Gasteiger partial charge in [-0.1, -0.05) is 30.7 Å². The van der Waals surface area contributed by atoms with E-state index >= 15 is 0 Å². The number of carbonyl (C=O) groups excluding carboxylic acids is 1. The van der Waals surface area contributed by atoms with E-state index in [0.29, 0.717) is 36.6 Å². The minimum atomic E-state index is -0.227. The van der Waals surface area contributed by atoms with Gasteiger partial charge >= 0.3 is 0 Å². The van der Waals surface area contributed by atoms with E-state index < -0.39 is 0 Å². The Hall–Kier alpha value is -2.22. The van der Waals surface area contributed by atoms with Crippen molar-refractivity contribution in [1.29, 1.82) is 0 Å². The first-order valence-electron chi connectivity index (χ1n) is 12.5. The normalized spacial score (nSPS) is 22.0. The van der Waals surface area contributed by atoms with Crippen LogP contribution in [-0.4, -0.2) is 72.8 Å². The van der Waals surface area contributed by atoms with Gasteiger partial charge in [0.15, 0.2) is 0 Å². The molecule has 0 bridgehead atoms. The summed E-state index contributed by atoms with van der Waals surface area (Å²) in [6, 6.07) is 8.12. The molecule has 2 atom stereocenters. The van der Waals surface area contributed by atoms with Crippen LogP contribution in [0.1, 0.15) is 54.8 Å². The zero-order chi connectivity index (χ0) is 23.5. The fourth-order valence-electron chi connectivity index (χ4n) is 5.46. The molecule has 1 aromatic heterocycles. The molecule has 1 aliphatic carbocycles. The molecule has 1 aromatic carbocycles. The molecule has 7 nitrogen and oxygen atoms in total. The number of hydrogen-bond acceptors (Lipinski definition) is 6. The maximum Gasteiger partial charge on any atom is 0.231 e. The van der Waals surface area contributed by atoms with E-state index in [4.69, 9.17) is 16.3 Å². The van der Waals surface area contributed by atoms with Crippen molar-refractivity contribution < 1.29 is 9.53 Å². The smallest absolute Gasteiger partial charge is 0.231 e. The number of carbonyl (C=O) groups is 1. The van der Waals surface area contributed by atoms with Crippen LogP contribution < -0.4 is 10.2 Å². The Morgan fingerprint density at radius 2 is 1.85 bits per heavy atom. The number of piperazine rings is 1. The second-order valence-corrected chi connectivity index (χ2v) is 10.1. The van der Waals surface area contributed by atoms with Crippen molar-refractivity contribution in [2.75, 3.05) is 50.8 Å². The summed E-state index contributed by atoms with van der Waals surface area (Å²) < 4.78 is 5.48. The van der Waals surface area contributed by atoms with Gasteiger partial charge in [0, 0.05) is 68.3 Å². The highest BCUT2D eigenvalue weighted by Gasteiger charge is 2.32. The topological polar surface area (TPSA) is 70.6 Å². The first-order chi connectivity index (χ1) is 16.6. The summed E-state index contributed by atoms with van der Waals surface area (Å²) in [6.45, 7) is 7.45. The number of benzene rings is 1. The highest BCUT2D eigenvalue weighted by atomic mass is 35.5. The minimum absolute atomic E-state index is 0.183. The number of fused-ring (bicyclic) bond motifs is 1. The number of halogens is 1. The molecule has 182 valence electrons. The summed E-state index contributed by atoms with van der Waals surface area (Å²) >= 11 is 6.13. The third-order valence-electron chi connectivity index (χ3n) is 7.55. The fraction of sp³-hybridized carbons (Fsp3) is 0.577. The SMILES string of the molecule is C[C@@H]1CCc2ncnc(N3CCN(C(=O)[C@H](CNC4CCOCC4)c4ccc(Cl)cc4)CC3)c21. The lowest BCUT2D eigenvalue weighted by atomic mass is 9.96. The Labute approximate surface area is 206 Å². The van der Waals surface area contributed by atoms with Gasteiger partial charge in [0.25, 0.3) is 0 Å². The lowest BCUT2D eigenvalue weighted by Crippen LogP contribution is -2.51. The summed E-state index contributed by atoms with van der Waals surface area (Å²) in [5.41, 5.74) is 3.51. The molecule has 3 heterocycles. The van der Waals surface area contributed by atoms with Gasteiger partial charge in [-0.05, 0) is 49.3 Å². The number of aryl methyl sites for hydroxylation is 1. The van der Waals surface area contributed by atoms with Gasteiger partial charge in [-0.2, -0.15) is 0 Å². The summed E-state index contributed by atoms with van der Waals surface area (Å²) in [5.74, 6) is 1.52. The van der Waals surface area contributed by atoms with Crippen molar-refractivity contribution in [3.05, 3.63) is 52.4 Å². The van der Waals surface area contributed by atoms with Crippen LogP contribution >= 0.6 is 11.6 Å². The summed E-state index contributed by atoms with van der Waals surface area (Å²) in [5, 5.41) is 4.32. The van der Waals surface area contributed by atoms with Gasteiger partial charge in [-0.25, -0.2) is 9.97 Å². The number of anilines is 1. The van der Waals surface area contributed by atoms with E-state index in [0.717, 1.165) is 63.4 Å². The molecule has 0 saturated carbocycles. The average Bonchev–Trinajstić information content (AvgIpc) is 3.27. The highest BCUT2D eigenvalue weighted by Crippen LogP contribution is 2.37. The average molecular weight is 484 g/mol. The van der Waals surface area contributed by atoms with E-state index in [1.54, 1.807) is 6.33 Å². The van der Waals surface area contributed by atoms with Crippen molar-refractivity contribution in [3.8, 4) is 0 Å². The predicted octanol–water partition coefficient (Wildman–Crippen LogP) is 3.38. The van der Waals surface area contributed by atoms with Crippen molar-refractivity contribution >= 4 is 23.3 Å². The van der Waals surface area contributed by atoms with Crippen LogP contribution in [0.3, 0.4) is 0 Å². The molecule has 0 spiro atoms. The quantitative estimate of drug-likeness (QED) is 0.679. The number of rotatable bonds is 6. The third kappa shape index (κ3) is 5.07. The maximum absolute atomic E-state index is 13.7. The Balaban J connectivity index is 1.27. The van der Waals surface area contributed by atoms with Crippen molar-refractivity contribution in [2.24, 2.45) is 0 Å². The second kappa shape index (κ2) is 10.6. The number of hydrogen-bond donors (Lipinski definition) is 1. The largest absolute Gasteiger partial charge is 0.381 e. The van der Waals surface area contributed by atoms with Crippen molar-refractivity contribution in [1.82, 2.24) is 20.2 Å². The third-order valence-corrected chi connectivity index (χ3v) is 7.80. The molecule has 1 amide bonds. The van der Waals surface area contributed by atoms with E-state index in [1.807, 2.05) is 29.2 Å². The Bertz CT molecular complexity index is 987. The first-order valence-corrected chi connectivity index (χ1v) is 12.9. The monoisotopic (exact) mass is 483 g/mol. The predicted molar refractivity (Wildman–Crippen MR) is 134 cm³/mol. The molecule has 34 heavy (non-hydrogen) atoms. The van der Waals surface area contributed by atoms with Crippen molar-refractivity contribution in [2.45, 2.75) is 50.5 Å². The molecule has 1 N–H and O–H groups in total. The van der Waals surface area contributed by atoms with Crippen LogP contribution in [-0.2, 0) is 16.0 Å². The van der Waals surface area contributed by atoms with Crippen LogP contribution in [0.5, 0.6) is 0 Å². The van der Waals surface area contributed by atoms with Crippen molar-refractivity contribution in [3.63, 3.8) is 0 Å². The molecule has 8 heteroatoms. The molecule has 2 aromatic rings. The number of aromatic nitrogens is 2. The van der Waals surface area contributed by atoms with Gasteiger partial charge in [-0.3, -0.25) is 4.79 Å². The summed E-state index contributed by atoms with van der Waals surface area (Å²) in [6.07, 6.45) is 5.85. The summed E-state index contributed by atoms with van der Waals surface area (Å²) in [4.78, 5) is 27.2. The molecule has 0 unspecified atom stereocenters. The van der Waals surface area contributed by atoms with Gasteiger partial charge in [0.05, 0.1) is 5.92 Å². The molecule has 2 saturated heterocycles. The maximum atomic E-state index is 13.7. The Kier molecular flexibility index (Phi) is 7.32.